The fourth-order valence-electron chi connectivity index (χ4n) is 10.4. The van der Waals surface area contributed by atoms with Crippen LogP contribution in [0.4, 0.5) is 0 Å². The van der Waals surface area contributed by atoms with Crippen molar-refractivity contribution in [2.24, 2.45) is 29.2 Å². The van der Waals surface area contributed by atoms with Crippen molar-refractivity contribution in [2.75, 3.05) is 13.1 Å². The molecule has 3 heterocycles. The average molecular weight is 1300 g/mol. The van der Waals surface area contributed by atoms with Crippen LogP contribution in [0, 0.1) is 23.2 Å². The predicted molar refractivity (Wildman–Crippen MR) is 337 cm³/mol. The molecule has 0 saturated carbocycles. The lowest BCUT2D eigenvalue weighted by Crippen LogP contribution is -2.62. The van der Waals surface area contributed by atoms with Crippen molar-refractivity contribution in [3.8, 4) is 5.75 Å². The van der Waals surface area contributed by atoms with Crippen LogP contribution in [-0.4, -0.2) is 185 Å². The summed E-state index contributed by atoms with van der Waals surface area (Å²) in [4.78, 5) is 168. The van der Waals surface area contributed by atoms with Crippen LogP contribution in [0.25, 0.3) is 0 Å². The van der Waals surface area contributed by atoms with Crippen molar-refractivity contribution in [2.45, 2.75) is 173 Å². The highest BCUT2D eigenvalue weighted by Gasteiger charge is 2.42. The van der Waals surface area contributed by atoms with Gasteiger partial charge in [-0.25, -0.2) is 14.8 Å². The number of rotatable bonds is 37. The van der Waals surface area contributed by atoms with Crippen LogP contribution in [0.5, 0.6) is 5.75 Å². The lowest BCUT2D eigenvalue weighted by Gasteiger charge is -2.32. The number of likely N-dealkylation sites (tertiary alicyclic amines) is 1. The van der Waals surface area contributed by atoms with Crippen molar-refractivity contribution < 1.29 is 68.1 Å². The third-order valence-electron chi connectivity index (χ3n) is 15.7. The van der Waals surface area contributed by atoms with E-state index in [1.165, 1.54) is 54.1 Å². The molecule has 1 fully saturated rings. The molecular weight excluding hydrogens is 1210 g/mol. The maximum atomic E-state index is 15.1. The molecule has 11 unspecified atom stereocenters. The second kappa shape index (κ2) is 36.2. The molecule has 19 N–H and O–H groups in total. The summed E-state index contributed by atoms with van der Waals surface area (Å²) in [6.45, 7) is 10.4. The van der Waals surface area contributed by atoms with Gasteiger partial charge >= 0.3 is 11.9 Å². The molecule has 0 bridgehead atoms. The Balaban J connectivity index is 1.40. The van der Waals surface area contributed by atoms with Crippen molar-refractivity contribution in [1.82, 2.24) is 72.7 Å². The SMILES string of the molecule is CCC(C)C(NC(=O)C(Cc1ccc(O)cc1)NC(=O)C(NC(=O)C(CCCNC(=N)N)NC(=O)C(N)CC(=O)O)C(C)C)C(=O)NC(Cc1cnc[nH]1)C(=O)N1CCCC1C(=O)NC(Cc1ccccc1)C(=O)NC(Cc1ncc[nH]1)C(=O)NC(CC(C)C)C(=O)O. The number of nitrogens with one attached hydrogen (secondary N) is 12. The molecule has 31 nitrogen and oxygen atoms in total. The van der Waals surface area contributed by atoms with E-state index in [1.54, 1.807) is 71.9 Å². The number of nitrogens with two attached hydrogens (primary N) is 2. The molecule has 4 aromatic rings. The Morgan fingerprint density at radius 2 is 1.25 bits per heavy atom. The first kappa shape index (κ1) is 73.8. The van der Waals surface area contributed by atoms with E-state index in [0.29, 0.717) is 35.5 Å². The number of aromatic nitrogens is 4. The van der Waals surface area contributed by atoms with Crippen LogP contribution in [0.15, 0.2) is 79.5 Å². The van der Waals surface area contributed by atoms with Crippen LogP contribution >= 0.6 is 0 Å². The number of imidazole rings is 2. The molecule has 0 spiro atoms. The molecule has 5 rings (SSSR count). The van der Waals surface area contributed by atoms with Gasteiger partial charge < -0.3 is 89.5 Å². The van der Waals surface area contributed by atoms with Gasteiger partial charge in [-0.3, -0.25) is 53.4 Å². The number of amides is 9. The number of nitrogens with zero attached hydrogens (tertiary/aromatic N) is 3. The number of phenolic OH excluding ortho intramolecular Hbond substituents is 1. The van der Waals surface area contributed by atoms with Crippen molar-refractivity contribution >= 4 is 71.1 Å². The molecular formula is C62H89N17O14. The first-order valence-electron chi connectivity index (χ1n) is 30.9. The van der Waals surface area contributed by atoms with E-state index in [1.807, 2.05) is 0 Å². The Bertz CT molecular complexity index is 3170. The first-order valence-corrected chi connectivity index (χ1v) is 30.9. The van der Waals surface area contributed by atoms with Crippen molar-refractivity contribution in [3.63, 3.8) is 0 Å². The Kier molecular flexibility index (Phi) is 28.7. The quantitative estimate of drug-likeness (QED) is 0.0144. The number of aromatic hydroxyl groups is 1. The molecule has 31 heteroatoms. The van der Waals surface area contributed by atoms with Gasteiger partial charge in [0.1, 0.15) is 66.0 Å². The topological polar surface area (TPSA) is 493 Å². The monoisotopic (exact) mass is 1300 g/mol. The highest BCUT2D eigenvalue weighted by molar-refractivity contribution is 5.99. The highest BCUT2D eigenvalue weighted by atomic mass is 16.4. The standard InChI is InChI=1S/C62H89N17O14/c1-7-35(6)51(78-56(87)43(27-37-17-19-39(80)20-18-37)74-58(89)50(34(4)5)77-53(84)41(15-11-21-69-62(64)65)71-52(83)40(63)29-49(81)82)59(90)75-45(28-38-31-66-32-70-38)60(91)79-24-12-16-47(79)57(88)73-42(26-36-13-9-8-10-14-36)54(85)72-44(30-48-67-22-23-68-48)55(86)76-46(61(92)93)25-33(2)3/h8-10,13-14,17-20,22-23,31-35,40-47,50-51,80H,7,11-12,15-16,21,24-30,63H2,1-6H3,(H,66,70)(H,67,68)(H,71,83)(H,72,85)(H,73,88)(H,74,89)(H,75,90)(H,76,86)(H,77,84)(H,78,87)(H,81,82)(H,92,93)(H4,64,65,69). The van der Waals surface area contributed by atoms with Gasteiger partial charge in [-0.05, 0) is 73.1 Å². The number of hydrogen-bond acceptors (Lipinski definition) is 16. The zero-order chi connectivity index (χ0) is 68.5. The van der Waals surface area contributed by atoms with Gasteiger partial charge in [-0.2, -0.15) is 0 Å². The maximum absolute atomic E-state index is 15.1. The lowest BCUT2D eigenvalue weighted by atomic mass is 9.96. The van der Waals surface area contributed by atoms with Crippen LogP contribution in [-0.2, 0) is 78.4 Å². The molecule has 1 aliphatic heterocycles. The van der Waals surface area contributed by atoms with Crippen molar-refractivity contribution in [3.05, 3.63) is 102 Å². The minimum Gasteiger partial charge on any atom is -0.508 e. The van der Waals surface area contributed by atoms with E-state index < -0.39 is 144 Å². The normalized spacial score (nSPS) is 16.1. The van der Waals surface area contributed by atoms with Crippen molar-refractivity contribution in [1.29, 1.82) is 5.41 Å². The molecule has 11 atom stereocenters. The Morgan fingerprint density at radius 1 is 0.677 bits per heavy atom. The second-order valence-corrected chi connectivity index (χ2v) is 23.9. The van der Waals surface area contributed by atoms with Crippen LogP contribution in [0.3, 0.4) is 0 Å². The zero-order valence-corrected chi connectivity index (χ0v) is 53.0. The fourth-order valence-corrected chi connectivity index (χ4v) is 10.4. The number of guanidine groups is 1. The Labute approximate surface area is 538 Å². The first-order chi connectivity index (χ1) is 44.1. The summed E-state index contributed by atoms with van der Waals surface area (Å²) in [7, 11) is 0. The summed E-state index contributed by atoms with van der Waals surface area (Å²) in [5, 5.41) is 60.8. The number of hydrogen-bond donors (Lipinski definition) is 17. The summed E-state index contributed by atoms with van der Waals surface area (Å²) < 4.78 is 0. The summed E-state index contributed by atoms with van der Waals surface area (Å²) in [5.41, 5.74) is 12.7. The minimum atomic E-state index is -1.54. The number of H-pyrrole nitrogens is 2. The number of benzene rings is 2. The molecule has 2 aromatic heterocycles. The summed E-state index contributed by atoms with van der Waals surface area (Å²) in [6.07, 6.45) is 5.34. The number of carboxylic acid groups (broad SMARTS) is 2. The smallest absolute Gasteiger partial charge is 0.326 e. The van der Waals surface area contributed by atoms with E-state index in [9.17, 15) is 63.3 Å². The zero-order valence-electron chi connectivity index (χ0n) is 53.0. The molecule has 2 aromatic carbocycles. The van der Waals surface area contributed by atoms with Crippen LogP contribution in [0.1, 0.15) is 109 Å². The van der Waals surface area contributed by atoms with Crippen LogP contribution < -0.4 is 59.3 Å². The fraction of sp³-hybridized carbons (Fsp3) is 0.516. The van der Waals surface area contributed by atoms with Crippen LogP contribution in [0.2, 0.25) is 0 Å². The van der Waals surface area contributed by atoms with E-state index >= 15 is 4.79 Å². The second-order valence-electron chi connectivity index (χ2n) is 23.9. The van der Waals surface area contributed by atoms with E-state index in [0.717, 1.165) is 0 Å². The van der Waals surface area contributed by atoms with E-state index in [2.05, 4.69) is 67.8 Å². The minimum absolute atomic E-state index is 0.0468. The Morgan fingerprint density at radius 3 is 1.83 bits per heavy atom. The molecule has 1 saturated heterocycles. The van der Waals surface area contributed by atoms with E-state index in [4.69, 9.17) is 16.9 Å². The molecule has 1 aliphatic rings. The van der Waals surface area contributed by atoms with Gasteiger partial charge in [0.05, 0.1) is 18.8 Å². The van der Waals surface area contributed by atoms with Gasteiger partial charge in [0.25, 0.3) is 0 Å². The summed E-state index contributed by atoms with van der Waals surface area (Å²) in [6, 6.07) is 0.748. The van der Waals surface area contributed by atoms with Gasteiger partial charge in [-0.1, -0.05) is 90.4 Å². The third-order valence-corrected chi connectivity index (χ3v) is 15.7. The van der Waals surface area contributed by atoms with E-state index in [-0.39, 0.29) is 82.1 Å². The molecule has 93 heavy (non-hydrogen) atoms. The molecule has 9 amide bonds. The number of phenols is 1. The highest BCUT2D eigenvalue weighted by Crippen LogP contribution is 2.22. The average Bonchev–Trinajstić information content (AvgIpc) is 1.81. The number of carboxylic acids is 2. The maximum Gasteiger partial charge on any atom is 0.326 e. The van der Waals surface area contributed by atoms with Gasteiger partial charge in [0.2, 0.25) is 53.2 Å². The third kappa shape index (κ3) is 23.7. The number of carbonyl (C=O) groups is 11. The van der Waals surface area contributed by atoms with Gasteiger partial charge in [0.15, 0.2) is 5.96 Å². The number of aromatic amines is 2. The molecule has 506 valence electrons. The number of aliphatic carboxylic acids is 2. The number of carbonyl (C=O) groups excluding carboxylic acids is 9. The molecule has 0 aliphatic carbocycles. The summed E-state index contributed by atoms with van der Waals surface area (Å²) >= 11 is 0. The largest absolute Gasteiger partial charge is 0.508 e. The predicted octanol–water partition coefficient (Wildman–Crippen LogP) is -1.12. The summed E-state index contributed by atoms with van der Waals surface area (Å²) in [5.74, 6) is -11.6. The van der Waals surface area contributed by atoms with Gasteiger partial charge in [-0.15, -0.1) is 0 Å². The Hall–Kier alpha value is -9.94. The molecule has 0 radical (unpaired) electrons. The lowest BCUT2D eigenvalue weighted by molar-refractivity contribution is -0.143. The van der Waals surface area contributed by atoms with Gasteiger partial charge in [0, 0.05) is 63.1 Å².